The molecule has 90 valence electrons. The van der Waals surface area contributed by atoms with Crippen molar-refractivity contribution in [1.82, 2.24) is 10.6 Å². The van der Waals surface area contributed by atoms with E-state index in [-0.39, 0.29) is 24.2 Å². The van der Waals surface area contributed by atoms with Crippen LogP contribution in [0.3, 0.4) is 0 Å². The molecule has 0 aromatic carbocycles. The van der Waals surface area contributed by atoms with Crippen molar-refractivity contribution in [3.8, 4) is 0 Å². The van der Waals surface area contributed by atoms with Crippen LogP contribution in [0.15, 0.2) is 0 Å². The van der Waals surface area contributed by atoms with Crippen LogP contribution in [0, 0.1) is 5.92 Å². The molecule has 2 unspecified atom stereocenters. The van der Waals surface area contributed by atoms with Crippen LogP contribution in [-0.4, -0.2) is 30.3 Å². The molecular weight excluding hydrogens is 210 g/mol. The Labute approximate surface area is 93.9 Å². The maximum absolute atomic E-state index is 11.6. The number of carbonyl (C=O) groups is 3. The third kappa shape index (κ3) is 3.30. The van der Waals surface area contributed by atoms with E-state index >= 15 is 0 Å². The maximum atomic E-state index is 11.6. The van der Waals surface area contributed by atoms with Crippen molar-refractivity contribution in [3.63, 3.8) is 0 Å². The van der Waals surface area contributed by atoms with Crippen molar-refractivity contribution in [3.05, 3.63) is 0 Å². The summed E-state index contributed by atoms with van der Waals surface area (Å²) in [5, 5.41) is 4.80. The molecule has 3 amide bonds. The summed E-state index contributed by atoms with van der Waals surface area (Å²) < 4.78 is 0. The normalized spacial score (nSPS) is 22.5. The predicted octanol–water partition coefficient (Wildman–Crippen LogP) is -1.11. The standard InChI is InChI=1S/C10H17N3O3/c1-6(4-5-11)9(15)12-7-2-3-8(14)13-10(7)16/h6-7H,2-5,11H2,1H3,(H,12,15)(H,13,14,16). The van der Waals surface area contributed by atoms with Crippen LogP contribution in [-0.2, 0) is 14.4 Å². The van der Waals surface area contributed by atoms with Crippen molar-refractivity contribution in [1.29, 1.82) is 0 Å². The molecule has 0 aliphatic carbocycles. The maximum Gasteiger partial charge on any atom is 0.249 e. The van der Waals surface area contributed by atoms with E-state index in [0.717, 1.165) is 0 Å². The monoisotopic (exact) mass is 227 g/mol. The van der Waals surface area contributed by atoms with E-state index in [1.54, 1.807) is 6.92 Å². The van der Waals surface area contributed by atoms with Gasteiger partial charge >= 0.3 is 0 Å². The largest absolute Gasteiger partial charge is 0.344 e. The fraction of sp³-hybridized carbons (Fsp3) is 0.700. The van der Waals surface area contributed by atoms with Crippen LogP contribution < -0.4 is 16.4 Å². The molecule has 1 fully saturated rings. The Morgan fingerprint density at radius 2 is 2.31 bits per heavy atom. The number of piperidine rings is 1. The summed E-state index contributed by atoms with van der Waals surface area (Å²) in [4.78, 5) is 33.8. The van der Waals surface area contributed by atoms with Crippen LogP contribution in [0.5, 0.6) is 0 Å². The average molecular weight is 227 g/mol. The zero-order chi connectivity index (χ0) is 12.1. The zero-order valence-corrected chi connectivity index (χ0v) is 9.29. The summed E-state index contributed by atoms with van der Waals surface area (Å²) in [6.07, 6.45) is 1.22. The topological polar surface area (TPSA) is 101 Å². The SMILES string of the molecule is CC(CCN)C(=O)NC1CCC(=O)NC1=O. The van der Waals surface area contributed by atoms with Gasteiger partial charge in [0.05, 0.1) is 0 Å². The molecule has 16 heavy (non-hydrogen) atoms. The second-order valence-electron chi connectivity index (χ2n) is 3.99. The molecule has 0 radical (unpaired) electrons. The Morgan fingerprint density at radius 3 is 2.88 bits per heavy atom. The molecule has 1 heterocycles. The van der Waals surface area contributed by atoms with E-state index in [0.29, 0.717) is 19.4 Å². The van der Waals surface area contributed by atoms with Gasteiger partial charge in [-0.15, -0.1) is 0 Å². The minimum absolute atomic E-state index is 0.194. The van der Waals surface area contributed by atoms with E-state index in [1.807, 2.05) is 0 Å². The van der Waals surface area contributed by atoms with E-state index in [4.69, 9.17) is 5.73 Å². The number of imide groups is 1. The molecule has 0 aromatic heterocycles. The van der Waals surface area contributed by atoms with Gasteiger partial charge in [-0.3, -0.25) is 19.7 Å². The Hall–Kier alpha value is -1.43. The smallest absolute Gasteiger partial charge is 0.249 e. The minimum Gasteiger partial charge on any atom is -0.344 e. The number of nitrogens with two attached hydrogens (primary N) is 1. The average Bonchev–Trinajstić information content (AvgIpc) is 2.22. The molecule has 2 atom stereocenters. The van der Waals surface area contributed by atoms with Crippen molar-refractivity contribution in [2.45, 2.75) is 32.2 Å². The van der Waals surface area contributed by atoms with Crippen LogP contribution in [0.4, 0.5) is 0 Å². The van der Waals surface area contributed by atoms with Crippen LogP contribution >= 0.6 is 0 Å². The fourth-order valence-corrected chi connectivity index (χ4v) is 1.53. The lowest BCUT2D eigenvalue weighted by Crippen LogP contribution is -2.53. The first kappa shape index (κ1) is 12.6. The summed E-state index contributed by atoms with van der Waals surface area (Å²) in [5.74, 6) is -1.12. The lowest BCUT2D eigenvalue weighted by molar-refractivity contribution is -0.138. The molecule has 1 aliphatic rings. The molecule has 6 nitrogen and oxygen atoms in total. The van der Waals surface area contributed by atoms with Gasteiger partial charge in [-0.25, -0.2) is 0 Å². The highest BCUT2D eigenvalue weighted by Gasteiger charge is 2.28. The van der Waals surface area contributed by atoms with E-state index in [9.17, 15) is 14.4 Å². The molecule has 0 spiro atoms. The molecular formula is C10H17N3O3. The highest BCUT2D eigenvalue weighted by Crippen LogP contribution is 2.07. The Balaban J connectivity index is 2.45. The summed E-state index contributed by atoms with van der Waals surface area (Å²) in [7, 11) is 0. The molecule has 1 rings (SSSR count). The van der Waals surface area contributed by atoms with Gasteiger partial charge < -0.3 is 11.1 Å². The van der Waals surface area contributed by atoms with Gasteiger partial charge in [0.15, 0.2) is 0 Å². The summed E-state index contributed by atoms with van der Waals surface area (Å²) in [5.41, 5.74) is 5.34. The number of amides is 3. The highest BCUT2D eigenvalue weighted by molar-refractivity contribution is 6.01. The van der Waals surface area contributed by atoms with Crippen molar-refractivity contribution < 1.29 is 14.4 Å². The summed E-state index contributed by atoms with van der Waals surface area (Å²) in [6, 6.07) is -0.592. The summed E-state index contributed by atoms with van der Waals surface area (Å²) >= 11 is 0. The Kier molecular flexibility index (Phi) is 4.42. The minimum atomic E-state index is -0.592. The quantitative estimate of drug-likeness (QED) is 0.530. The molecule has 0 aromatic rings. The highest BCUT2D eigenvalue weighted by atomic mass is 16.2. The molecule has 1 saturated heterocycles. The van der Waals surface area contributed by atoms with Crippen LogP contribution in [0.2, 0.25) is 0 Å². The molecule has 0 bridgehead atoms. The van der Waals surface area contributed by atoms with E-state index < -0.39 is 11.9 Å². The molecule has 6 heteroatoms. The number of carbonyl (C=O) groups excluding carboxylic acids is 3. The number of hydrogen-bond acceptors (Lipinski definition) is 4. The second kappa shape index (κ2) is 5.60. The van der Waals surface area contributed by atoms with Gasteiger partial charge in [-0.2, -0.15) is 0 Å². The van der Waals surface area contributed by atoms with Crippen LogP contribution in [0.1, 0.15) is 26.2 Å². The van der Waals surface area contributed by atoms with Gasteiger partial charge in [-0.05, 0) is 19.4 Å². The van der Waals surface area contributed by atoms with Crippen molar-refractivity contribution in [2.75, 3.05) is 6.54 Å². The molecule has 1 aliphatic heterocycles. The van der Waals surface area contributed by atoms with E-state index in [2.05, 4.69) is 10.6 Å². The lowest BCUT2D eigenvalue weighted by Gasteiger charge is -2.23. The van der Waals surface area contributed by atoms with Gasteiger partial charge in [0.25, 0.3) is 0 Å². The van der Waals surface area contributed by atoms with Crippen molar-refractivity contribution >= 4 is 17.7 Å². The first-order chi connectivity index (χ1) is 7.54. The summed E-state index contributed by atoms with van der Waals surface area (Å²) in [6.45, 7) is 2.19. The third-order valence-electron chi connectivity index (χ3n) is 2.60. The van der Waals surface area contributed by atoms with Gasteiger partial charge in [0, 0.05) is 12.3 Å². The zero-order valence-electron chi connectivity index (χ0n) is 9.29. The molecule has 0 saturated carbocycles. The predicted molar refractivity (Wildman–Crippen MR) is 57.1 cm³/mol. The Morgan fingerprint density at radius 1 is 1.62 bits per heavy atom. The second-order valence-corrected chi connectivity index (χ2v) is 3.99. The van der Waals surface area contributed by atoms with E-state index in [1.165, 1.54) is 0 Å². The first-order valence-corrected chi connectivity index (χ1v) is 5.38. The number of nitrogens with one attached hydrogen (secondary N) is 2. The van der Waals surface area contributed by atoms with Crippen molar-refractivity contribution in [2.24, 2.45) is 11.7 Å². The van der Waals surface area contributed by atoms with Gasteiger partial charge in [0.1, 0.15) is 6.04 Å². The number of rotatable bonds is 4. The third-order valence-corrected chi connectivity index (χ3v) is 2.60. The Bertz CT molecular complexity index is 304. The van der Waals surface area contributed by atoms with Gasteiger partial charge in [-0.1, -0.05) is 6.92 Å². The fourth-order valence-electron chi connectivity index (χ4n) is 1.53. The number of hydrogen-bond donors (Lipinski definition) is 3. The van der Waals surface area contributed by atoms with Gasteiger partial charge in [0.2, 0.25) is 17.7 Å². The van der Waals surface area contributed by atoms with Crippen LogP contribution in [0.25, 0.3) is 0 Å². The lowest BCUT2D eigenvalue weighted by atomic mass is 10.0. The molecule has 4 N–H and O–H groups in total. The first-order valence-electron chi connectivity index (χ1n) is 5.38.